The number of fused-ring (bicyclic) bond motifs is 1. The number of nitrogens with zero attached hydrogens (tertiary/aromatic N) is 3. The first kappa shape index (κ1) is 27.6. The standard InChI is InChI=1S/C23H35BrFN3O4SSi/c1-21(2,3)32-20(30)28(14-31-8-9-34(5,6)7)19-27-22(4,17-11-23(17,13-29)33-19)16-10-15(24)12-26-18(16)25/h10,12,17,29H,8-9,11,13-14H2,1-7H3/t17?,22-,23?/m1/s1. The first-order chi connectivity index (χ1) is 15.6. The van der Waals surface area contributed by atoms with Crippen molar-refractivity contribution >= 4 is 47.0 Å². The Morgan fingerprint density at radius 3 is 2.68 bits per heavy atom. The van der Waals surface area contributed by atoms with Crippen molar-refractivity contribution in [3.05, 3.63) is 28.2 Å². The summed E-state index contributed by atoms with van der Waals surface area (Å²) in [7, 11) is -1.32. The number of carbonyl (C=O) groups is 1. The average molecular weight is 577 g/mol. The quantitative estimate of drug-likeness (QED) is 0.197. The number of ether oxygens (including phenoxy) is 2. The first-order valence-corrected chi connectivity index (χ1v) is 16.7. The molecule has 0 bridgehead atoms. The number of hydrogen-bond acceptors (Lipinski definition) is 7. The van der Waals surface area contributed by atoms with E-state index in [1.165, 1.54) is 22.9 Å². The van der Waals surface area contributed by atoms with E-state index < -0.39 is 36.0 Å². The van der Waals surface area contributed by atoms with E-state index in [1.807, 2.05) is 6.92 Å². The molecule has 1 fully saturated rings. The molecule has 1 aliphatic carbocycles. The van der Waals surface area contributed by atoms with Gasteiger partial charge in [0.15, 0.2) is 5.17 Å². The summed E-state index contributed by atoms with van der Waals surface area (Å²) in [4.78, 5) is 23.3. The van der Waals surface area contributed by atoms with E-state index in [4.69, 9.17) is 14.5 Å². The molecular formula is C23H35BrFN3O4SSi. The smallest absolute Gasteiger partial charge is 0.418 e. The minimum Gasteiger partial charge on any atom is -0.443 e. The molecule has 11 heteroatoms. The summed E-state index contributed by atoms with van der Waals surface area (Å²) in [6, 6.07) is 2.62. The Morgan fingerprint density at radius 1 is 1.41 bits per heavy atom. The number of amidine groups is 1. The monoisotopic (exact) mass is 575 g/mol. The summed E-state index contributed by atoms with van der Waals surface area (Å²) in [6.45, 7) is 14.4. The van der Waals surface area contributed by atoms with Gasteiger partial charge in [-0.05, 0) is 62.2 Å². The van der Waals surface area contributed by atoms with Crippen LogP contribution in [0.25, 0.3) is 0 Å². The molecule has 1 aromatic heterocycles. The van der Waals surface area contributed by atoms with Crippen LogP contribution in [0.3, 0.4) is 0 Å². The molecule has 0 radical (unpaired) electrons. The van der Waals surface area contributed by atoms with E-state index >= 15 is 0 Å². The lowest BCUT2D eigenvalue weighted by Gasteiger charge is -2.37. The molecule has 1 aromatic rings. The van der Waals surface area contributed by atoms with E-state index in [0.717, 1.165) is 6.04 Å². The fourth-order valence-electron chi connectivity index (χ4n) is 3.98. The largest absolute Gasteiger partial charge is 0.443 e. The van der Waals surface area contributed by atoms with Crippen molar-refractivity contribution in [2.75, 3.05) is 19.9 Å². The number of amides is 1. The van der Waals surface area contributed by atoms with Crippen LogP contribution < -0.4 is 0 Å². The predicted molar refractivity (Wildman–Crippen MR) is 139 cm³/mol. The molecule has 7 nitrogen and oxygen atoms in total. The minimum absolute atomic E-state index is 0.0350. The number of pyridine rings is 1. The summed E-state index contributed by atoms with van der Waals surface area (Å²) in [5.41, 5.74) is -1.40. The van der Waals surface area contributed by atoms with Crippen molar-refractivity contribution < 1.29 is 23.8 Å². The molecule has 1 saturated carbocycles. The highest BCUT2D eigenvalue weighted by molar-refractivity contribution is 9.10. The van der Waals surface area contributed by atoms with E-state index in [2.05, 4.69) is 40.6 Å². The third-order valence-electron chi connectivity index (χ3n) is 6.01. The van der Waals surface area contributed by atoms with Gasteiger partial charge in [0.2, 0.25) is 5.95 Å². The topological polar surface area (TPSA) is 84.2 Å². The number of aliphatic imine (C=N–C) groups is 1. The van der Waals surface area contributed by atoms with E-state index in [0.29, 0.717) is 28.2 Å². The molecule has 0 aromatic carbocycles. The van der Waals surface area contributed by atoms with Crippen LogP contribution in [0.15, 0.2) is 21.7 Å². The lowest BCUT2D eigenvalue weighted by Crippen LogP contribution is -2.46. The second-order valence-corrected chi connectivity index (χ2v) is 19.3. The Morgan fingerprint density at radius 2 is 2.09 bits per heavy atom. The SMILES string of the molecule is CC(C)(C)OC(=O)N(COCC[Si](C)(C)C)C1=N[C@](C)(c2cc(Br)cnc2F)C2CC2(CO)S1. The summed E-state index contributed by atoms with van der Waals surface area (Å²) >= 11 is 4.72. The van der Waals surface area contributed by atoms with Crippen molar-refractivity contribution in [2.45, 2.75) is 75.7 Å². The molecule has 1 N–H and O–H groups in total. The number of halogens is 2. The van der Waals surface area contributed by atoms with E-state index in [-0.39, 0.29) is 19.3 Å². The molecule has 0 spiro atoms. The third-order valence-corrected chi connectivity index (χ3v) is 9.62. The van der Waals surface area contributed by atoms with Gasteiger partial charge in [-0.1, -0.05) is 31.4 Å². The molecule has 190 valence electrons. The van der Waals surface area contributed by atoms with Gasteiger partial charge in [0.05, 0.1) is 16.9 Å². The summed E-state index contributed by atoms with van der Waals surface area (Å²) in [5, 5.41) is 10.6. The predicted octanol–water partition coefficient (Wildman–Crippen LogP) is 5.60. The van der Waals surface area contributed by atoms with Crippen molar-refractivity contribution in [3.8, 4) is 0 Å². The van der Waals surface area contributed by atoms with Gasteiger partial charge in [-0.3, -0.25) is 4.99 Å². The lowest BCUT2D eigenvalue weighted by atomic mass is 9.87. The number of rotatable bonds is 7. The Kier molecular flexibility index (Phi) is 7.95. The number of aliphatic hydroxyl groups excluding tert-OH is 1. The molecule has 3 rings (SSSR count). The Labute approximate surface area is 215 Å². The zero-order valence-electron chi connectivity index (χ0n) is 20.9. The minimum atomic E-state index is -1.32. The molecule has 2 aliphatic rings. The summed E-state index contributed by atoms with van der Waals surface area (Å²) in [5.74, 6) is -0.715. The van der Waals surface area contributed by atoms with Gasteiger partial charge in [-0.15, -0.1) is 0 Å². The van der Waals surface area contributed by atoms with Crippen LogP contribution in [0.1, 0.15) is 39.7 Å². The first-order valence-electron chi connectivity index (χ1n) is 11.4. The van der Waals surface area contributed by atoms with Crippen LogP contribution in [-0.4, -0.2) is 64.6 Å². The number of thioether (sulfide) groups is 1. The molecule has 34 heavy (non-hydrogen) atoms. The van der Waals surface area contributed by atoms with Gasteiger partial charge in [0, 0.05) is 36.8 Å². The van der Waals surface area contributed by atoms with Gasteiger partial charge in [0.25, 0.3) is 0 Å². The molecular weight excluding hydrogens is 541 g/mol. The molecule has 2 heterocycles. The maximum Gasteiger partial charge on any atom is 0.418 e. The average Bonchev–Trinajstić information content (AvgIpc) is 3.44. The molecule has 1 amide bonds. The van der Waals surface area contributed by atoms with Crippen LogP contribution in [0.5, 0.6) is 0 Å². The van der Waals surface area contributed by atoms with Crippen molar-refractivity contribution in [3.63, 3.8) is 0 Å². The number of carbonyl (C=O) groups excluding carboxylic acids is 1. The highest BCUT2D eigenvalue weighted by atomic mass is 79.9. The van der Waals surface area contributed by atoms with Crippen LogP contribution in [0, 0.1) is 11.9 Å². The van der Waals surface area contributed by atoms with Crippen LogP contribution in [0.4, 0.5) is 9.18 Å². The molecule has 3 atom stereocenters. The molecule has 1 aliphatic heterocycles. The Bertz CT molecular complexity index is 971. The van der Waals surface area contributed by atoms with Crippen LogP contribution in [-0.2, 0) is 15.0 Å². The summed E-state index contributed by atoms with van der Waals surface area (Å²) in [6.07, 6.45) is 1.45. The van der Waals surface area contributed by atoms with Crippen molar-refractivity contribution in [1.29, 1.82) is 0 Å². The Balaban J connectivity index is 1.98. The molecule has 2 unspecified atom stereocenters. The second-order valence-electron chi connectivity index (χ2n) is 11.4. The van der Waals surface area contributed by atoms with Gasteiger partial charge in [-0.25, -0.2) is 14.7 Å². The summed E-state index contributed by atoms with van der Waals surface area (Å²) < 4.78 is 26.5. The number of aromatic nitrogens is 1. The lowest BCUT2D eigenvalue weighted by molar-refractivity contribution is 0.0110. The maximum absolute atomic E-state index is 14.9. The number of aliphatic hydroxyl groups is 1. The van der Waals surface area contributed by atoms with E-state index in [9.17, 15) is 14.3 Å². The van der Waals surface area contributed by atoms with Gasteiger partial charge in [0.1, 0.15) is 12.3 Å². The van der Waals surface area contributed by atoms with Gasteiger partial charge >= 0.3 is 6.09 Å². The highest BCUT2D eigenvalue weighted by Gasteiger charge is 2.67. The zero-order chi connectivity index (χ0) is 25.5. The fourth-order valence-corrected chi connectivity index (χ4v) is 6.59. The Hall–Kier alpha value is -1.01. The normalized spacial score (nSPS) is 26.5. The second kappa shape index (κ2) is 9.80. The van der Waals surface area contributed by atoms with Crippen molar-refractivity contribution in [1.82, 2.24) is 9.88 Å². The fraction of sp³-hybridized carbons (Fsp3) is 0.696. The maximum atomic E-state index is 14.9. The third kappa shape index (κ3) is 6.21. The molecule has 0 saturated heterocycles. The van der Waals surface area contributed by atoms with Crippen molar-refractivity contribution in [2.24, 2.45) is 10.9 Å². The number of hydrogen-bond donors (Lipinski definition) is 1. The van der Waals surface area contributed by atoms with E-state index in [1.54, 1.807) is 26.8 Å². The van der Waals surface area contributed by atoms with Gasteiger partial charge < -0.3 is 14.6 Å². The zero-order valence-corrected chi connectivity index (χ0v) is 24.3. The van der Waals surface area contributed by atoms with Crippen LogP contribution in [0.2, 0.25) is 25.7 Å². The highest BCUT2D eigenvalue weighted by Crippen LogP contribution is 2.66. The van der Waals surface area contributed by atoms with Gasteiger partial charge in [-0.2, -0.15) is 4.39 Å². The van der Waals surface area contributed by atoms with Crippen LogP contribution >= 0.6 is 27.7 Å².